The van der Waals surface area contributed by atoms with Crippen molar-refractivity contribution in [1.29, 1.82) is 0 Å². The zero-order valence-corrected chi connectivity index (χ0v) is 10.8. The second-order valence-electron chi connectivity index (χ2n) is 2.36. The molecule has 13 heavy (non-hydrogen) atoms. The predicted molar refractivity (Wildman–Crippen MR) is 50.8 cm³/mol. The van der Waals surface area contributed by atoms with Gasteiger partial charge in [-0.1, -0.05) is 0 Å². The average molecular weight is 208 g/mol. The van der Waals surface area contributed by atoms with Crippen LogP contribution in [0, 0.1) is 0 Å². The summed E-state index contributed by atoms with van der Waals surface area (Å²) in [5.41, 5.74) is 0. The van der Waals surface area contributed by atoms with Crippen molar-refractivity contribution in [2.24, 2.45) is 0 Å². The first-order chi connectivity index (χ1) is 6.06. The second kappa shape index (κ2) is 7.96. The maximum Gasteiger partial charge on any atom is 0.631 e. The third-order valence-electron chi connectivity index (χ3n) is 1.26. The summed E-state index contributed by atoms with van der Waals surface area (Å²) in [7, 11) is -0.480. The molecule has 66 valence electrons. The Hall–Kier alpha value is 0.601. The fraction of sp³-hybridized carbons (Fsp3) is 0.143. The minimum atomic E-state index is -2.17. The van der Waals surface area contributed by atoms with Crippen LogP contribution in [0.15, 0.2) is 24.3 Å². The Morgan fingerprint density at radius 1 is 1.15 bits per heavy atom. The Morgan fingerprint density at radius 2 is 1.54 bits per heavy atom. The van der Waals surface area contributed by atoms with E-state index in [1.807, 2.05) is 12.1 Å². The predicted octanol–water partition coefficient (Wildman–Crippen LogP) is -1.56. The zero-order chi connectivity index (χ0) is 10.3. The van der Waals surface area contributed by atoms with Gasteiger partial charge in [0.05, 0.1) is 0 Å². The molecule has 0 spiro atoms. The van der Waals surface area contributed by atoms with Crippen molar-refractivity contribution in [2.45, 2.75) is 0 Å². The van der Waals surface area contributed by atoms with Crippen LogP contribution in [-0.4, -0.2) is 78.5 Å². The molecule has 0 saturated carbocycles. The first-order valence-electron chi connectivity index (χ1n) is 3.71. The largest absolute Gasteiger partial charge is 0.631 e. The molecule has 0 atom stereocenters. The van der Waals surface area contributed by atoms with Gasteiger partial charge in [0.2, 0.25) is 0 Å². The molecule has 0 radical (unpaired) electrons. The van der Waals surface area contributed by atoms with Gasteiger partial charge in [0, 0.05) is 0 Å². The Balaban J connectivity index is 0.000000310. The average Bonchev–Trinajstić information content (AvgIpc) is 2.05. The molecule has 4 nitrogen and oxygen atoms in total. The number of hydrogen-bond acceptors (Lipinski definition) is 4. The van der Waals surface area contributed by atoms with Gasteiger partial charge in [-0.25, -0.2) is 0 Å². The number of methoxy groups -OCH3 is 1. The van der Waals surface area contributed by atoms with E-state index in [4.69, 9.17) is 19.8 Å². The Bertz CT molecular complexity index is 224. The van der Waals surface area contributed by atoms with Crippen LogP contribution in [-0.2, 0) is 0 Å². The molecule has 1 rings (SSSR count). The van der Waals surface area contributed by atoms with Crippen molar-refractivity contribution < 1.29 is 19.8 Å². The molecule has 0 aliphatic carbocycles. The fourth-order valence-corrected chi connectivity index (χ4v) is 1.19. The number of benzene rings is 1. The maximum absolute atomic E-state index is 7.17. The first-order valence-corrected chi connectivity index (χ1v) is 5.27. The van der Waals surface area contributed by atoms with Crippen molar-refractivity contribution in [2.75, 3.05) is 7.11 Å². The smallest absolute Gasteiger partial charge is 0.402 e. The van der Waals surface area contributed by atoms with E-state index in [0.717, 1.165) is 54.7 Å². The molecular weight excluding hydrogens is 198 g/mol. The topological polar surface area (TPSA) is 69.9 Å². The van der Waals surface area contributed by atoms with E-state index in [1.54, 1.807) is 7.11 Å². The molecular formula is C7H10BKO4. The minimum Gasteiger partial charge on any atom is -0.402 e. The molecule has 1 aromatic rings. The van der Waals surface area contributed by atoms with E-state index in [0.29, 0.717) is 0 Å². The summed E-state index contributed by atoms with van der Waals surface area (Å²) in [6, 6.07) is 8.22. The van der Waals surface area contributed by atoms with Crippen LogP contribution < -0.4 is 4.39 Å². The van der Waals surface area contributed by atoms with Crippen molar-refractivity contribution >= 4 is 55.9 Å². The van der Waals surface area contributed by atoms with Crippen molar-refractivity contribution in [3.63, 3.8) is 0 Å². The van der Waals surface area contributed by atoms with Gasteiger partial charge in [-0.2, -0.15) is 0 Å². The monoisotopic (exact) mass is 208 g/mol. The van der Waals surface area contributed by atoms with Gasteiger partial charge in [-0.3, -0.25) is 0 Å². The van der Waals surface area contributed by atoms with Gasteiger partial charge in [0.15, 0.2) is 0 Å². The molecule has 0 aliphatic rings. The van der Waals surface area contributed by atoms with E-state index >= 15 is 0 Å². The van der Waals surface area contributed by atoms with E-state index in [2.05, 4.69) is 12.1 Å². The van der Waals surface area contributed by atoms with Crippen LogP contribution in [0.3, 0.4) is 0 Å². The van der Waals surface area contributed by atoms with Crippen LogP contribution in [0.4, 0.5) is 0 Å². The van der Waals surface area contributed by atoms with Crippen molar-refractivity contribution in [3.05, 3.63) is 24.3 Å². The molecule has 0 aliphatic heterocycles. The van der Waals surface area contributed by atoms with Crippen molar-refractivity contribution in [3.8, 4) is 5.75 Å². The summed E-state index contributed by atoms with van der Waals surface area (Å²) >= 11 is 0.791. The number of hydrogen-bond donors (Lipinski definition) is 3. The molecule has 1 aromatic carbocycles. The van der Waals surface area contributed by atoms with Crippen LogP contribution in [0.2, 0.25) is 0 Å². The summed E-state index contributed by atoms with van der Waals surface area (Å²) in [5.74, 6) is 0.947. The molecule has 0 heterocycles. The van der Waals surface area contributed by atoms with Gasteiger partial charge >= 0.3 is 97.8 Å². The standard InChI is InChI=1S/C7H7O.BH3O3.K/c1-8-7-5-3-2-4-6-7;2-1(3)4;/h3-6H,1H3;2-4H;. The molecule has 6 heteroatoms. The minimum absolute atomic E-state index is 0.791. The molecule has 0 saturated heterocycles. The van der Waals surface area contributed by atoms with Gasteiger partial charge in [-0.05, 0) is 0 Å². The van der Waals surface area contributed by atoms with Crippen LogP contribution in [0.25, 0.3) is 0 Å². The molecule has 3 N–H and O–H groups in total. The summed E-state index contributed by atoms with van der Waals surface area (Å²) < 4.78 is 6.44. The van der Waals surface area contributed by atoms with Gasteiger partial charge < -0.3 is 15.1 Å². The van der Waals surface area contributed by atoms with E-state index in [9.17, 15) is 0 Å². The molecule has 0 fully saturated rings. The van der Waals surface area contributed by atoms with Gasteiger partial charge in [0.25, 0.3) is 0 Å². The van der Waals surface area contributed by atoms with E-state index in [1.165, 1.54) is -0.342 Å². The fourth-order valence-electron chi connectivity index (χ4n) is 0.674. The zero-order valence-electron chi connectivity index (χ0n) is 7.64. The summed E-state index contributed by atoms with van der Waals surface area (Å²) in [6.45, 7) is 0. The third kappa shape index (κ3) is 8.92. The number of ether oxygens (including phenoxy) is 1. The van der Waals surface area contributed by atoms with Crippen LogP contribution >= 0.6 is 0 Å². The second-order valence-corrected chi connectivity index (χ2v) is 4.17. The molecule has 0 bridgehead atoms. The normalized spacial score (nSPS) is 8.46. The molecule has 0 aromatic heterocycles. The SMILES string of the molecule is COc1cc[c]([K])cc1.OB(O)O. The summed E-state index contributed by atoms with van der Waals surface area (Å²) in [5, 5.41) is 21.5. The van der Waals surface area contributed by atoms with E-state index < -0.39 is 7.32 Å². The Kier molecular flexibility index (Phi) is 8.32. The maximum atomic E-state index is 7.17. The molecule has 0 amide bonds. The first kappa shape index (κ1) is 13.6. The summed E-state index contributed by atoms with van der Waals surface area (Å²) in [4.78, 5) is 0. The van der Waals surface area contributed by atoms with E-state index in [-0.39, 0.29) is 0 Å². The molecule has 0 unspecified atom stereocenters. The van der Waals surface area contributed by atoms with Gasteiger partial charge in [-0.15, -0.1) is 0 Å². The van der Waals surface area contributed by atoms with Crippen LogP contribution in [0.5, 0.6) is 5.75 Å². The third-order valence-corrected chi connectivity index (χ3v) is 2.30. The van der Waals surface area contributed by atoms with Crippen LogP contribution in [0.1, 0.15) is 0 Å². The Labute approximate surface area is 111 Å². The Morgan fingerprint density at radius 3 is 1.85 bits per heavy atom. The number of rotatable bonds is 1. The quantitative estimate of drug-likeness (QED) is 0.488. The van der Waals surface area contributed by atoms with Gasteiger partial charge in [0.1, 0.15) is 0 Å². The summed E-state index contributed by atoms with van der Waals surface area (Å²) in [6.07, 6.45) is 0. The van der Waals surface area contributed by atoms with Crippen molar-refractivity contribution in [1.82, 2.24) is 0 Å².